The zero-order chi connectivity index (χ0) is 45.7. The van der Waals surface area contributed by atoms with E-state index in [2.05, 4.69) is 242 Å². The molecule has 0 saturated heterocycles. The van der Waals surface area contributed by atoms with E-state index in [-0.39, 0.29) is 10.8 Å². The molecule has 13 rings (SSSR count). The second-order valence-corrected chi connectivity index (χ2v) is 20.4. The Hall–Kier alpha value is -7.82. The fourth-order valence-electron chi connectivity index (χ4n) is 11.4. The van der Waals surface area contributed by atoms with Crippen LogP contribution in [0.2, 0.25) is 0 Å². The quantitative estimate of drug-likeness (QED) is 0.159. The van der Waals surface area contributed by atoms with Crippen molar-refractivity contribution in [3.63, 3.8) is 0 Å². The Kier molecular flexibility index (Phi) is 9.14. The van der Waals surface area contributed by atoms with Crippen LogP contribution in [0.5, 0.6) is 0 Å². The molecule has 0 saturated carbocycles. The van der Waals surface area contributed by atoms with Crippen LogP contribution in [0.1, 0.15) is 51.7 Å². The van der Waals surface area contributed by atoms with Crippen molar-refractivity contribution < 1.29 is 4.42 Å². The SMILES string of the molecule is CC1(C)CCN2CCC(C)(C)c3cc(-c4ccc(N(c5ccc(-c6ccccc6)cc5)c5ccc6c(c5)oc5ccc(-c7ccc8c(c7)c7ccccc7n8-c7ccccc7)cc56)cc4)cc1c32. The zero-order valence-electron chi connectivity index (χ0n) is 39.1. The lowest BCUT2D eigenvalue weighted by molar-refractivity contribution is 0.402. The van der Waals surface area contributed by atoms with Gasteiger partial charge in [0.15, 0.2) is 0 Å². The highest BCUT2D eigenvalue weighted by Gasteiger charge is 2.40. The highest BCUT2D eigenvalue weighted by molar-refractivity contribution is 6.11. The highest BCUT2D eigenvalue weighted by atomic mass is 16.3. The Labute approximate surface area is 398 Å². The summed E-state index contributed by atoms with van der Waals surface area (Å²) >= 11 is 0. The third kappa shape index (κ3) is 6.57. The van der Waals surface area contributed by atoms with Gasteiger partial charge >= 0.3 is 0 Å². The van der Waals surface area contributed by atoms with E-state index in [0.717, 1.165) is 63.3 Å². The monoisotopic (exact) mass is 879 g/mol. The number of hydrogen-bond donors (Lipinski definition) is 0. The number of para-hydroxylation sites is 2. The lowest BCUT2D eigenvalue weighted by Gasteiger charge is -2.48. The summed E-state index contributed by atoms with van der Waals surface area (Å²) in [6.07, 6.45) is 2.35. The number of hydrogen-bond acceptors (Lipinski definition) is 3. The predicted molar refractivity (Wildman–Crippen MR) is 287 cm³/mol. The normalized spacial score (nSPS) is 15.0. The molecule has 0 unspecified atom stereocenters. The summed E-state index contributed by atoms with van der Waals surface area (Å²) < 4.78 is 9.09. The maximum atomic E-state index is 6.72. The molecular formula is C64H53N3O. The van der Waals surface area contributed by atoms with E-state index in [0.29, 0.717) is 0 Å². The Balaban J connectivity index is 0.892. The van der Waals surface area contributed by atoms with Gasteiger partial charge in [-0.25, -0.2) is 0 Å². The van der Waals surface area contributed by atoms with E-state index in [1.807, 2.05) is 0 Å². The van der Waals surface area contributed by atoms with Gasteiger partial charge in [0.05, 0.1) is 11.0 Å². The third-order valence-electron chi connectivity index (χ3n) is 15.3. The minimum Gasteiger partial charge on any atom is -0.456 e. The Morgan fingerprint density at radius 1 is 0.397 bits per heavy atom. The molecule has 0 atom stereocenters. The minimum atomic E-state index is 0.128. The van der Waals surface area contributed by atoms with E-state index < -0.39 is 0 Å². The van der Waals surface area contributed by atoms with E-state index in [9.17, 15) is 0 Å². The molecule has 2 aliphatic heterocycles. The molecule has 2 aromatic heterocycles. The molecule has 330 valence electrons. The molecule has 0 spiro atoms. The summed E-state index contributed by atoms with van der Waals surface area (Å²) in [5.74, 6) is 0. The molecule has 4 heterocycles. The molecule has 11 aromatic rings. The third-order valence-corrected chi connectivity index (χ3v) is 15.3. The van der Waals surface area contributed by atoms with Crippen LogP contribution in [0.15, 0.2) is 205 Å². The van der Waals surface area contributed by atoms with Crippen molar-refractivity contribution in [3.05, 3.63) is 211 Å². The second-order valence-electron chi connectivity index (χ2n) is 20.4. The van der Waals surface area contributed by atoms with Gasteiger partial charge in [0, 0.05) is 69.1 Å². The molecule has 0 N–H and O–H groups in total. The first kappa shape index (κ1) is 40.5. The van der Waals surface area contributed by atoms with Crippen molar-refractivity contribution in [3.8, 4) is 39.1 Å². The van der Waals surface area contributed by atoms with Gasteiger partial charge < -0.3 is 18.8 Å². The molecule has 0 bridgehead atoms. The van der Waals surface area contributed by atoms with Crippen LogP contribution in [-0.2, 0) is 10.8 Å². The molecule has 0 aliphatic carbocycles. The fourth-order valence-corrected chi connectivity index (χ4v) is 11.4. The molecule has 4 nitrogen and oxygen atoms in total. The van der Waals surface area contributed by atoms with Crippen LogP contribution >= 0.6 is 0 Å². The number of anilines is 4. The maximum absolute atomic E-state index is 6.72. The van der Waals surface area contributed by atoms with Crippen LogP contribution in [0.3, 0.4) is 0 Å². The van der Waals surface area contributed by atoms with Gasteiger partial charge in [-0.15, -0.1) is 0 Å². The zero-order valence-corrected chi connectivity index (χ0v) is 39.1. The summed E-state index contributed by atoms with van der Waals surface area (Å²) in [7, 11) is 0. The van der Waals surface area contributed by atoms with Crippen LogP contribution < -0.4 is 9.80 Å². The summed E-state index contributed by atoms with van der Waals surface area (Å²) in [6, 6.07) is 73.3. The van der Waals surface area contributed by atoms with Crippen LogP contribution in [0.4, 0.5) is 22.7 Å². The summed E-state index contributed by atoms with van der Waals surface area (Å²) in [4.78, 5) is 5.01. The molecule has 0 fully saturated rings. The number of aromatic nitrogens is 1. The molecular weight excluding hydrogens is 827 g/mol. The molecule has 0 radical (unpaired) electrons. The largest absolute Gasteiger partial charge is 0.456 e. The van der Waals surface area contributed by atoms with Gasteiger partial charge in [0.25, 0.3) is 0 Å². The van der Waals surface area contributed by atoms with E-state index >= 15 is 0 Å². The Bertz CT molecular complexity index is 3690. The smallest absolute Gasteiger partial charge is 0.137 e. The summed E-state index contributed by atoms with van der Waals surface area (Å²) in [5.41, 5.74) is 20.5. The van der Waals surface area contributed by atoms with E-state index in [4.69, 9.17) is 4.42 Å². The first-order chi connectivity index (χ1) is 33.2. The van der Waals surface area contributed by atoms with Crippen molar-refractivity contribution in [2.75, 3.05) is 22.9 Å². The van der Waals surface area contributed by atoms with Crippen LogP contribution in [-0.4, -0.2) is 17.7 Å². The Morgan fingerprint density at radius 2 is 0.926 bits per heavy atom. The predicted octanol–water partition coefficient (Wildman–Crippen LogP) is 17.3. The van der Waals surface area contributed by atoms with Crippen molar-refractivity contribution in [2.45, 2.75) is 51.4 Å². The van der Waals surface area contributed by atoms with E-state index in [1.165, 1.54) is 79.3 Å². The molecule has 68 heavy (non-hydrogen) atoms. The summed E-state index contributed by atoms with van der Waals surface area (Å²) in [5, 5.41) is 4.70. The van der Waals surface area contributed by atoms with Crippen molar-refractivity contribution >= 4 is 66.5 Å². The average Bonchev–Trinajstić information content (AvgIpc) is 3.91. The van der Waals surface area contributed by atoms with Gasteiger partial charge in [0.2, 0.25) is 0 Å². The average molecular weight is 880 g/mol. The van der Waals surface area contributed by atoms with Gasteiger partial charge in [-0.3, -0.25) is 0 Å². The lowest BCUT2D eigenvalue weighted by Crippen LogP contribution is -2.44. The molecule has 2 aliphatic rings. The van der Waals surface area contributed by atoms with Crippen molar-refractivity contribution in [1.29, 1.82) is 0 Å². The molecule has 9 aromatic carbocycles. The molecule has 4 heteroatoms. The van der Waals surface area contributed by atoms with Crippen LogP contribution in [0.25, 0.3) is 82.8 Å². The first-order valence-electron chi connectivity index (χ1n) is 24.2. The standard InChI is InChI=1S/C64H53N3O/c1-63(2)33-35-65-36-34-64(3,4)57-40-47(39-56(63)62(57)65)44-21-27-50(28-22-44)66(49-25-19-43(20-26-49)42-13-7-5-8-14-42)51-29-30-53-55-38-46(24-32-60(55)68-61(53)41-51)45-23-31-59-54(37-45)52-17-11-12-18-58(52)67(59)48-15-9-6-10-16-48/h5-32,37-41H,33-36H2,1-4H3. The number of fused-ring (bicyclic) bond motifs is 6. The van der Waals surface area contributed by atoms with Crippen molar-refractivity contribution in [2.24, 2.45) is 0 Å². The Morgan fingerprint density at radius 3 is 1.60 bits per heavy atom. The van der Waals surface area contributed by atoms with Crippen molar-refractivity contribution in [1.82, 2.24) is 4.57 Å². The van der Waals surface area contributed by atoms with E-state index in [1.54, 1.807) is 0 Å². The summed E-state index contributed by atoms with van der Waals surface area (Å²) in [6.45, 7) is 12.0. The second kappa shape index (κ2) is 15.4. The number of rotatable bonds is 7. The van der Waals surface area contributed by atoms with Crippen LogP contribution in [0, 0.1) is 0 Å². The topological polar surface area (TPSA) is 24.6 Å². The lowest BCUT2D eigenvalue weighted by atomic mass is 9.69. The number of furan rings is 1. The highest BCUT2D eigenvalue weighted by Crippen LogP contribution is 2.51. The van der Waals surface area contributed by atoms with Gasteiger partial charge in [-0.1, -0.05) is 131 Å². The fraction of sp³-hybridized carbons (Fsp3) is 0.156. The van der Waals surface area contributed by atoms with Gasteiger partial charge in [-0.2, -0.15) is 0 Å². The number of benzene rings is 9. The maximum Gasteiger partial charge on any atom is 0.137 e. The van der Waals surface area contributed by atoms with Gasteiger partial charge in [-0.05, 0) is 159 Å². The minimum absolute atomic E-state index is 0.128. The number of nitrogens with zero attached hydrogens (tertiary/aromatic N) is 3. The first-order valence-corrected chi connectivity index (χ1v) is 24.2. The molecule has 0 amide bonds. The van der Waals surface area contributed by atoms with Gasteiger partial charge in [0.1, 0.15) is 11.2 Å².